The number of rotatable bonds is 6. The molecule has 0 aromatic rings. The third-order valence-electron chi connectivity index (χ3n) is 11.7. The van der Waals surface area contributed by atoms with Gasteiger partial charge < -0.3 is 14.9 Å². The minimum absolute atomic E-state index is 0.00283. The Bertz CT molecular complexity index is 1050. The molecule has 4 rings (SSSR count). The number of allylic oxidation sites excluding steroid dienone is 4. The second-order valence-electron chi connectivity index (χ2n) is 13.8. The Morgan fingerprint density at radius 1 is 1.14 bits per heavy atom. The molecule has 0 radical (unpaired) electrons. The summed E-state index contributed by atoms with van der Waals surface area (Å²) < 4.78 is 5.80. The van der Waals surface area contributed by atoms with Crippen LogP contribution in [0.15, 0.2) is 34.9 Å². The molecule has 0 heterocycles. The van der Waals surface area contributed by atoms with E-state index < -0.39 is 12.1 Å². The van der Waals surface area contributed by atoms with Gasteiger partial charge in [0.1, 0.15) is 6.10 Å². The van der Waals surface area contributed by atoms with Gasteiger partial charge in [-0.1, -0.05) is 59.8 Å². The Morgan fingerprint density at radius 3 is 2.43 bits per heavy atom. The molecule has 2 saturated carbocycles. The lowest BCUT2D eigenvalue weighted by Gasteiger charge is -2.61. The first-order valence-electron chi connectivity index (χ1n) is 14.3. The van der Waals surface area contributed by atoms with E-state index in [-0.39, 0.29) is 33.7 Å². The minimum Gasteiger partial charge on any atom is -0.478 e. The molecular formula is C32H48O5. The summed E-state index contributed by atoms with van der Waals surface area (Å²) >= 11 is 0. The fraction of sp³-hybridized carbons (Fsp3) is 0.750. The summed E-state index contributed by atoms with van der Waals surface area (Å²) in [7, 11) is 0. The first-order chi connectivity index (χ1) is 17.1. The van der Waals surface area contributed by atoms with Gasteiger partial charge in [-0.15, -0.1) is 0 Å². The van der Waals surface area contributed by atoms with Crippen LogP contribution in [0.5, 0.6) is 0 Å². The highest BCUT2D eigenvalue weighted by atomic mass is 16.5. The van der Waals surface area contributed by atoms with E-state index in [1.807, 2.05) is 6.08 Å². The van der Waals surface area contributed by atoms with E-state index in [9.17, 15) is 19.8 Å². The van der Waals surface area contributed by atoms with Crippen LogP contribution >= 0.6 is 0 Å². The van der Waals surface area contributed by atoms with Gasteiger partial charge in [0.25, 0.3) is 0 Å². The molecule has 8 atom stereocenters. The van der Waals surface area contributed by atoms with Crippen molar-refractivity contribution in [1.82, 2.24) is 0 Å². The van der Waals surface area contributed by atoms with E-state index in [0.717, 1.165) is 44.9 Å². The standard InChI is InChI=1S/C32H48O5/c1-19(10-9-11-20(2)28(35)36)24-18-26(34)32(8)23-12-13-25-29(4,5)27(37-21(3)33)15-16-30(25,6)22(23)14-17-31(24,32)7/h11-12,14,19,24-27,34H,9-10,13,15-18H2,1-8H3,(H,35,36)/b20-11+/t19-,24-,25?,26+,27-,30-,31-,32-/m1/s1. The van der Waals surface area contributed by atoms with Crippen LogP contribution in [0.3, 0.4) is 0 Å². The van der Waals surface area contributed by atoms with Crippen LogP contribution in [0.1, 0.15) is 100 Å². The van der Waals surface area contributed by atoms with Crippen molar-refractivity contribution >= 4 is 11.9 Å². The van der Waals surface area contributed by atoms with Crippen molar-refractivity contribution in [1.29, 1.82) is 0 Å². The summed E-state index contributed by atoms with van der Waals surface area (Å²) in [4.78, 5) is 23.0. The van der Waals surface area contributed by atoms with E-state index in [1.54, 1.807) is 6.92 Å². The molecule has 0 amide bonds. The Balaban J connectivity index is 1.64. The number of hydrogen-bond donors (Lipinski definition) is 2. The van der Waals surface area contributed by atoms with Crippen molar-refractivity contribution in [3.8, 4) is 0 Å². The molecule has 0 bridgehead atoms. The van der Waals surface area contributed by atoms with Crippen molar-refractivity contribution in [2.75, 3.05) is 0 Å². The second kappa shape index (κ2) is 9.39. The average molecular weight is 513 g/mol. The fourth-order valence-corrected chi connectivity index (χ4v) is 9.19. The summed E-state index contributed by atoms with van der Waals surface area (Å²) in [6, 6.07) is 0. The van der Waals surface area contributed by atoms with Crippen molar-refractivity contribution in [2.24, 2.45) is 39.4 Å². The molecule has 0 aromatic carbocycles. The van der Waals surface area contributed by atoms with Crippen LogP contribution < -0.4 is 0 Å². The number of esters is 1. The topological polar surface area (TPSA) is 83.8 Å². The van der Waals surface area contributed by atoms with Crippen molar-refractivity contribution in [3.05, 3.63) is 34.9 Å². The van der Waals surface area contributed by atoms with Gasteiger partial charge in [0.05, 0.1) is 6.10 Å². The number of aliphatic hydroxyl groups excluding tert-OH is 1. The van der Waals surface area contributed by atoms with Crippen LogP contribution in [-0.2, 0) is 14.3 Å². The van der Waals surface area contributed by atoms with Gasteiger partial charge in [-0.3, -0.25) is 4.79 Å². The molecular weight excluding hydrogens is 464 g/mol. The highest BCUT2D eigenvalue weighted by Gasteiger charge is 2.66. The molecule has 1 unspecified atom stereocenters. The Hall–Kier alpha value is -1.88. The largest absolute Gasteiger partial charge is 0.478 e. The van der Waals surface area contributed by atoms with Gasteiger partial charge in [-0.05, 0) is 91.6 Å². The average Bonchev–Trinajstić information content (AvgIpc) is 3.02. The lowest BCUT2D eigenvalue weighted by atomic mass is 9.44. The van der Waals surface area contributed by atoms with E-state index in [4.69, 9.17) is 4.74 Å². The van der Waals surface area contributed by atoms with Crippen molar-refractivity contribution in [3.63, 3.8) is 0 Å². The molecule has 206 valence electrons. The van der Waals surface area contributed by atoms with Gasteiger partial charge >= 0.3 is 11.9 Å². The number of carboxylic acid groups (broad SMARTS) is 1. The molecule has 5 nitrogen and oxygen atoms in total. The fourth-order valence-electron chi connectivity index (χ4n) is 9.19. The summed E-state index contributed by atoms with van der Waals surface area (Å²) in [5, 5.41) is 20.9. The number of aliphatic carboxylic acids is 1. The number of carbonyl (C=O) groups is 2. The number of ether oxygens (including phenoxy) is 1. The molecule has 5 heteroatoms. The minimum atomic E-state index is -0.852. The normalized spacial score (nSPS) is 41.5. The highest BCUT2D eigenvalue weighted by molar-refractivity contribution is 5.85. The summed E-state index contributed by atoms with van der Waals surface area (Å²) in [5.41, 5.74) is 2.68. The third-order valence-corrected chi connectivity index (χ3v) is 11.7. The van der Waals surface area contributed by atoms with E-state index in [2.05, 4.69) is 53.7 Å². The summed E-state index contributed by atoms with van der Waals surface area (Å²) in [5.74, 6) is 0.0798. The van der Waals surface area contributed by atoms with E-state index in [0.29, 0.717) is 23.3 Å². The van der Waals surface area contributed by atoms with Crippen molar-refractivity contribution in [2.45, 2.75) is 113 Å². The zero-order valence-corrected chi connectivity index (χ0v) is 24.2. The molecule has 2 fully saturated rings. The zero-order chi connectivity index (χ0) is 27.6. The highest BCUT2D eigenvalue weighted by Crippen LogP contribution is 2.71. The second-order valence-corrected chi connectivity index (χ2v) is 13.8. The summed E-state index contributed by atoms with van der Waals surface area (Å²) in [6.45, 7) is 17.1. The Kier molecular flexibility index (Phi) is 7.14. The van der Waals surface area contributed by atoms with Crippen LogP contribution in [0.25, 0.3) is 0 Å². The number of aliphatic hydroxyl groups is 1. The number of carboxylic acids is 1. The molecule has 0 aromatic heterocycles. The van der Waals surface area contributed by atoms with Gasteiger partial charge in [0, 0.05) is 23.3 Å². The molecule has 4 aliphatic rings. The molecule has 0 aliphatic heterocycles. The quantitative estimate of drug-likeness (QED) is 0.300. The smallest absolute Gasteiger partial charge is 0.330 e. The molecule has 2 N–H and O–H groups in total. The van der Waals surface area contributed by atoms with Crippen LogP contribution in [0.2, 0.25) is 0 Å². The van der Waals surface area contributed by atoms with Crippen LogP contribution in [-0.4, -0.2) is 34.4 Å². The number of fused-ring (bicyclic) bond motifs is 5. The predicted octanol–water partition coefficient (Wildman–Crippen LogP) is 6.86. The van der Waals surface area contributed by atoms with Gasteiger partial charge in [-0.25, -0.2) is 4.79 Å². The summed E-state index contributed by atoms with van der Waals surface area (Å²) in [6.07, 6.45) is 12.5. The lowest BCUT2D eigenvalue weighted by molar-refractivity contribution is -0.165. The number of hydrogen-bond acceptors (Lipinski definition) is 4. The predicted molar refractivity (Wildman–Crippen MR) is 146 cm³/mol. The van der Waals surface area contributed by atoms with Gasteiger partial charge in [0.2, 0.25) is 0 Å². The Labute approximate surface area is 223 Å². The zero-order valence-electron chi connectivity index (χ0n) is 24.2. The SMILES string of the molecule is CC(=O)O[C@@H]1CC[C@]2(C)C3=CC[C@]4(C)[C@@H]([C@H](C)CC/C=C(\C)C(=O)O)C[C@H](O)[C@@]4(C)C3=CCC2C1(C)C. The lowest BCUT2D eigenvalue weighted by Crippen LogP contribution is -2.56. The van der Waals surface area contributed by atoms with Crippen LogP contribution in [0.4, 0.5) is 0 Å². The maximum Gasteiger partial charge on any atom is 0.330 e. The first-order valence-corrected chi connectivity index (χ1v) is 14.3. The van der Waals surface area contributed by atoms with Gasteiger partial charge in [0.15, 0.2) is 0 Å². The maximum absolute atomic E-state index is 11.8. The van der Waals surface area contributed by atoms with Crippen molar-refractivity contribution < 1.29 is 24.5 Å². The van der Waals surface area contributed by atoms with Gasteiger partial charge in [-0.2, -0.15) is 0 Å². The third kappa shape index (κ3) is 4.15. The van der Waals surface area contributed by atoms with E-state index >= 15 is 0 Å². The van der Waals surface area contributed by atoms with Crippen LogP contribution in [0, 0.1) is 39.4 Å². The Morgan fingerprint density at radius 2 is 1.81 bits per heavy atom. The number of carbonyl (C=O) groups excluding carboxylic acids is 1. The van der Waals surface area contributed by atoms with E-state index in [1.165, 1.54) is 18.1 Å². The first kappa shape index (κ1) is 28.1. The maximum atomic E-state index is 11.8. The molecule has 37 heavy (non-hydrogen) atoms. The monoisotopic (exact) mass is 512 g/mol. The molecule has 0 spiro atoms. The molecule has 0 saturated heterocycles. The molecule has 4 aliphatic carbocycles.